The molecule has 1 aliphatic carbocycles. The molecule has 1 aromatic rings. The summed E-state index contributed by atoms with van der Waals surface area (Å²) in [4.78, 5) is 5.01. The number of benzene rings is 1. The van der Waals surface area contributed by atoms with Crippen LogP contribution in [0.5, 0.6) is 0 Å². The Bertz CT molecular complexity index is 657. The van der Waals surface area contributed by atoms with E-state index in [1.54, 1.807) is 18.1 Å². The summed E-state index contributed by atoms with van der Waals surface area (Å²) in [6, 6.07) is 8.45. The zero-order valence-corrected chi connectivity index (χ0v) is 15.4. The van der Waals surface area contributed by atoms with Crippen LogP contribution in [0.4, 0.5) is 4.39 Å². The molecular weight excluding hydrogens is 319 g/mol. The first-order valence-electron chi connectivity index (χ1n) is 7.88. The van der Waals surface area contributed by atoms with Gasteiger partial charge in [-0.15, -0.1) is 0 Å². The number of aryl methyl sites for hydroxylation is 1. The third-order valence-electron chi connectivity index (χ3n) is 3.17. The fourth-order valence-corrected chi connectivity index (χ4v) is 2.87. The van der Waals surface area contributed by atoms with Gasteiger partial charge in [0.15, 0.2) is 0 Å². The number of hydrogen-bond donors (Lipinski definition) is 1. The average molecular weight is 344 g/mol. The van der Waals surface area contributed by atoms with Crippen LogP contribution in [0.1, 0.15) is 25.8 Å². The Labute approximate surface area is 149 Å². The largest absolute Gasteiger partial charge is 0.325 e. The van der Waals surface area contributed by atoms with E-state index in [1.165, 1.54) is 23.0 Å². The Hall–Kier alpha value is -2.07. The maximum Gasteiger partial charge on any atom is 0.0866 e. The number of hydrogen-bond acceptors (Lipinski definition) is 3. The van der Waals surface area contributed by atoms with E-state index in [0.717, 1.165) is 17.7 Å². The SMILES string of the molecule is C=N/C=C\C1=C(NSc2cccc(C)c2)C=CCC=C1C.CCF. The van der Waals surface area contributed by atoms with Gasteiger partial charge in [-0.25, -0.2) is 0 Å². The van der Waals surface area contributed by atoms with Crippen LogP contribution in [-0.2, 0) is 0 Å². The third-order valence-corrected chi connectivity index (χ3v) is 3.99. The Morgan fingerprint density at radius 3 is 2.79 bits per heavy atom. The number of rotatable bonds is 5. The summed E-state index contributed by atoms with van der Waals surface area (Å²) in [7, 11) is 0. The van der Waals surface area contributed by atoms with Gasteiger partial charge in [-0.05, 0) is 81.3 Å². The van der Waals surface area contributed by atoms with Crippen LogP contribution < -0.4 is 4.72 Å². The lowest BCUT2D eigenvalue weighted by Gasteiger charge is -2.11. The van der Waals surface area contributed by atoms with Gasteiger partial charge in [-0.3, -0.25) is 9.38 Å². The van der Waals surface area contributed by atoms with Crippen LogP contribution in [0.2, 0.25) is 0 Å². The molecule has 1 N–H and O–H groups in total. The molecular formula is C20H25FN2S. The molecule has 0 fully saturated rings. The van der Waals surface area contributed by atoms with E-state index in [-0.39, 0.29) is 6.67 Å². The fraction of sp³-hybridized carbons (Fsp3) is 0.250. The molecule has 0 spiro atoms. The summed E-state index contributed by atoms with van der Waals surface area (Å²) in [5, 5.41) is 0. The van der Waals surface area contributed by atoms with E-state index < -0.39 is 0 Å². The first-order valence-corrected chi connectivity index (χ1v) is 8.69. The number of halogens is 1. The van der Waals surface area contributed by atoms with Crippen molar-refractivity contribution >= 4 is 18.7 Å². The van der Waals surface area contributed by atoms with Crippen molar-refractivity contribution in [3.8, 4) is 0 Å². The smallest absolute Gasteiger partial charge is 0.0866 e. The first kappa shape index (κ1) is 20.0. The molecule has 0 radical (unpaired) electrons. The molecule has 0 amide bonds. The van der Waals surface area contributed by atoms with Crippen LogP contribution >= 0.6 is 11.9 Å². The van der Waals surface area contributed by atoms with Gasteiger partial charge >= 0.3 is 0 Å². The highest BCUT2D eigenvalue weighted by Gasteiger charge is 2.07. The fourth-order valence-electron chi connectivity index (χ4n) is 2.07. The van der Waals surface area contributed by atoms with Gasteiger partial charge in [0.1, 0.15) is 0 Å². The normalized spacial score (nSPS) is 13.9. The summed E-state index contributed by atoms with van der Waals surface area (Å²) in [5.41, 5.74) is 4.75. The minimum atomic E-state index is -0.250. The van der Waals surface area contributed by atoms with E-state index in [1.807, 2.05) is 6.08 Å². The second-order valence-corrected chi connectivity index (χ2v) is 6.02. The van der Waals surface area contributed by atoms with Crippen LogP contribution in [0.3, 0.4) is 0 Å². The van der Waals surface area contributed by atoms with Crippen molar-refractivity contribution in [3.63, 3.8) is 0 Å². The molecule has 128 valence electrons. The van der Waals surface area contributed by atoms with Gasteiger partial charge in [0, 0.05) is 16.7 Å². The van der Waals surface area contributed by atoms with Crippen molar-refractivity contribution in [2.24, 2.45) is 4.99 Å². The summed E-state index contributed by atoms with van der Waals surface area (Å²) in [5.74, 6) is 0. The lowest BCUT2D eigenvalue weighted by atomic mass is 10.1. The summed E-state index contributed by atoms with van der Waals surface area (Å²) in [6.45, 7) is 8.93. The molecule has 0 bridgehead atoms. The summed E-state index contributed by atoms with van der Waals surface area (Å²) < 4.78 is 13.7. The highest BCUT2D eigenvalue weighted by Crippen LogP contribution is 2.24. The highest BCUT2D eigenvalue weighted by molar-refractivity contribution is 7.97. The predicted octanol–water partition coefficient (Wildman–Crippen LogP) is 5.94. The quantitative estimate of drug-likeness (QED) is 0.528. The van der Waals surface area contributed by atoms with Crippen LogP contribution in [0.15, 0.2) is 81.5 Å². The Balaban J connectivity index is 0.000000891. The number of nitrogens with zero attached hydrogens (tertiary/aromatic N) is 1. The zero-order valence-electron chi connectivity index (χ0n) is 14.6. The van der Waals surface area contributed by atoms with Gasteiger partial charge in [-0.2, -0.15) is 0 Å². The first-order chi connectivity index (χ1) is 11.6. The topological polar surface area (TPSA) is 24.4 Å². The van der Waals surface area contributed by atoms with E-state index in [4.69, 9.17) is 0 Å². The second-order valence-electron chi connectivity index (χ2n) is 5.14. The Morgan fingerprint density at radius 1 is 1.38 bits per heavy atom. The van der Waals surface area contributed by atoms with Gasteiger partial charge in [0.25, 0.3) is 0 Å². The second kappa shape index (κ2) is 11.5. The third kappa shape index (κ3) is 7.01. The number of alkyl halides is 1. The molecule has 0 atom stereocenters. The molecule has 2 rings (SSSR count). The molecule has 24 heavy (non-hydrogen) atoms. The molecule has 0 heterocycles. The lowest BCUT2D eigenvalue weighted by Crippen LogP contribution is -2.04. The molecule has 0 saturated heterocycles. The summed E-state index contributed by atoms with van der Waals surface area (Å²) >= 11 is 1.62. The molecule has 2 nitrogen and oxygen atoms in total. The lowest BCUT2D eigenvalue weighted by molar-refractivity contribution is 0.527. The zero-order chi connectivity index (χ0) is 17.8. The number of nitrogens with one attached hydrogen (secondary N) is 1. The molecule has 0 unspecified atom stereocenters. The van der Waals surface area contributed by atoms with E-state index >= 15 is 0 Å². The maximum atomic E-state index is 10.3. The van der Waals surface area contributed by atoms with Gasteiger partial charge in [0.05, 0.1) is 12.4 Å². The van der Waals surface area contributed by atoms with E-state index in [9.17, 15) is 4.39 Å². The van der Waals surface area contributed by atoms with Crippen molar-refractivity contribution in [2.45, 2.75) is 32.1 Å². The Kier molecular flexibility index (Phi) is 9.54. The highest BCUT2D eigenvalue weighted by atomic mass is 32.2. The number of allylic oxidation sites excluding steroid dienone is 6. The van der Waals surface area contributed by atoms with Gasteiger partial charge in [-0.1, -0.05) is 24.3 Å². The standard InChI is InChI=1S/C18H20N2S.C2H5F/c1-14-7-6-9-16(13-14)21-20-18-10-5-4-8-15(2)17(18)11-12-19-3;1-2-3/h5-13,20H,3-4H2,1-2H3;2H2,1H3/b12-11-;. The monoisotopic (exact) mass is 344 g/mol. The van der Waals surface area contributed by atoms with E-state index in [2.05, 4.69) is 72.8 Å². The molecule has 1 aromatic carbocycles. The minimum absolute atomic E-state index is 0.250. The maximum absolute atomic E-state index is 10.3. The van der Waals surface area contributed by atoms with Crippen molar-refractivity contribution in [1.82, 2.24) is 4.72 Å². The molecule has 0 saturated carbocycles. The molecule has 0 aromatic heterocycles. The van der Waals surface area contributed by atoms with Crippen molar-refractivity contribution in [3.05, 3.63) is 77.2 Å². The van der Waals surface area contributed by atoms with Gasteiger partial charge < -0.3 is 4.72 Å². The minimum Gasteiger partial charge on any atom is -0.325 e. The van der Waals surface area contributed by atoms with Crippen LogP contribution in [0.25, 0.3) is 0 Å². The average Bonchev–Trinajstić information content (AvgIpc) is 2.73. The molecule has 4 heteroatoms. The molecule has 1 aliphatic rings. The van der Waals surface area contributed by atoms with Gasteiger partial charge in [0.2, 0.25) is 0 Å². The predicted molar refractivity (Wildman–Crippen MR) is 105 cm³/mol. The summed E-state index contributed by atoms with van der Waals surface area (Å²) in [6.07, 6.45) is 11.2. The van der Waals surface area contributed by atoms with Crippen molar-refractivity contribution in [1.29, 1.82) is 0 Å². The van der Waals surface area contributed by atoms with Crippen molar-refractivity contribution < 1.29 is 4.39 Å². The van der Waals surface area contributed by atoms with Crippen molar-refractivity contribution in [2.75, 3.05) is 6.67 Å². The Morgan fingerprint density at radius 2 is 2.12 bits per heavy atom. The van der Waals surface area contributed by atoms with Crippen LogP contribution in [-0.4, -0.2) is 13.4 Å². The van der Waals surface area contributed by atoms with Crippen LogP contribution in [0, 0.1) is 6.92 Å². The molecule has 0 aliphatic heterocycles. The van der Waals surface area contributed by atoms with E-state index in [0.29, 0.717) is 0 Å². The number of aliphatic imine (C=N–C) groups is 1.